The Labute approximate surface area is 121 Å². The van der Waals surface area contributed by atoms with Crippen molar-refractivity contribution in [2.24, 2.45) is 0 Å². The number of carbonyl (C=O) groups excluding carboxylic acids is 1. The van der Waals surface area contributed by atoms with Crippen LogP contribution in [0.4, 0.5) is 10.1 Å². The van der Waals surface area contributed by atoms with E-state index >= 15 is 0 Å². The van der Waals surface area contributed by atoms with Crippen LogP contribution in [-0.4, -0.2) is 22.2 Å². The minimum absolute atomic E-state index is 0.288. The Balaban J connectivity index is 3.08. The van der Waals surface area contributed by atoms with Crippen LogP contribution in [-0.2, 0) is 0 Å². The number of carbonyl (C=O) groups is 1. The van der Waals surface area contributed by atoms with E-state index in [0.717, 1.165) is 18.2 Å². The third-order valence-corrected chi connectivity index (χ3v) is 3.43. The van der Waals surface area contributed by atoms with E-state index in [0.29, 0.717) is 18.7 Å². The van der Waals surface area contributed by atoms with E-state index in [1.165, 1.54) is 0 Å². The molecule has 20 heavy (non-hydrogen) atoms. The summed E-state index contributed by atoms with van der Waals surface area (Å²) in [5, 5.41) is 13.6. The van der Waals surface area contributed by atoms with Gasteiger partial charge < -0.3 is 5.32 Å². The summed E-state index contributed by atoms with van der Waals surface area (Å²) in [6, 6.07) is 2.80. The number of nitrogens with one attached hydrogen (secondary N) is 1. The topological polar surface area (TPSA) is 72.2 Å². The number of benzene rings is 1. The summed E-state index contributed by atoms with van der Waals surface area (Å²) in [4.78, 5) is 22.3. The average molecular weight is 303 g/mol. The lowest BCUT2D eigenvalue weighted by Gasteiger charge is -2.28. The van der Waals surface area contributed by atoms with Gasteiger partial charge in [0, 0.05) is 17.5 Å². The summed E-state index contributed by atoms with van der Waals surface area (Å²) in [6.07, 6.45) is 1.12. The largest absolute Gasteiger partial charge is 0.347 e. The molecule has 0 aliphatic heterocycles. The van der Waals surface area contributed by atoms with Gasteiger partial charge in [-0.3, -0.25) is 14.9 Å². The van der Waals surface area contributed by atoms with Crippen LogP contribution in [0.1, 0.15) is 37.0 Å². The zero-order valence-electron chi connectivity index (χ0n) is 11.3. The Morgan fingerprint density at radius 3 is 2.70 bits per heavy atom. The molecule has 110 valence electrons. The quantitative estimate of drug-likeness (QED) is 0.498. The van der Waals surface area contributed by atoms with Crippen LogP contribution < -0.4 is 5.32 Å². The molecule has 0 saturated heterocycles. The fourth-order valence-electron chi connectivity index (χ4n) is 1.73. The fraction of sp³-hybridized carbons (Fsp3) is 0.462. The molecule has 0 heterocycles. The maximum Gasteiger partial charge on any atom is 0.282 e. The first-order chi connectivity index (χ1) is 9.33. The first-order valence-corrected chi connectivity index (χ1v) is 6.69. The second-order valence-corrected chi connectivity index (χ2v) is 5.10. The predicted octanol–water partition coefficient (Wildman–Crippen LogP) is 3.26. The number of amides is 1. The number of nitrogens with zero attached hydrogens (tertiary/aromatic N) is 1. The van der Waals surface area contributed by atoms with Gasteiger partial charge in [0.05, 0.1) is 4.92 Å². The molecule has 0 aromatic heterocycles. The van der Waals surface area contributed by atoms with Crippen LogP contribution in [0.2, 0.25) is 0 Å². The highest BCUT2D eigenvalue weighted by atomic mass is 35.5. The second-order valence-electron chi connectivity index (χ2n) is 4.73. The Bertz CT molecular complexity index is 524. The molecular weight excluding hydrogens is 287 g/mol. The van der Waals surface area contributed by atoms with Crippen LogP contribution >= 0.6 is 11.6 Å². The van der Waals surface area contributed by atoms with Gasteiger partial charge in [0.1, 0.15) is 11.4 Å². The van der Waals surface area contributed by atoms with E-state index < -0.39 is 27.9 Å². The van der Waals surface area contributed by atoms with Crippen molar-refractivity contribution in [3.05, 3.63) is 39.7 Å². The standard InChI is InChI=1S/C13H16ClFN2O3/c1-3-13(2,6-7-14)16-12(18)10-8-9(15)4-5-11(10)17(19)20/h4-5,8H,3,6-7H2,1-2H3,(H,16,18). The van der Waals surface area contributed by atoms with Crippen molar-refractivity contribution < 1.29 is 14.1 Å². The number of hydrogen-bond donors (Lipinski definition) is 1. The lowest BCUT2D eigenvalue weighted by molar-refractivity contribution is -0.385. The molecule has 0 bridgehead atoms. The molecule has 1 atom stereocenters. The van der Waals surface area contributed by atoms with Gasteiger partial charge in [-0.25, -0.2) is 4.39 Å². The summed E-state index contributed by atoms with van der Waals surface area (Å²) < 4.78 is 13.2. The van der Waals surface area contributed by atoms with E-state index in [9.17, 15) is 19.3 Å². The van der Waals surface area contributed by atoms with Crippen molar-refractivity contribution in [1.82, 2.24) is 5.32 Å². The zero-order chi connectivity index (χ0) is 15.3. The highest BCUT2D eigenvalue weighted by Gasteiger charge is 2.28. The fourth-order valence-corrected chi connectivity index (χ4v) is 2.14. The number of nitro benzene ring substituents is 1. The molecule has 5 nitrogen and oxygen atoms in total. The van der Waals surface area contributed by atoms with Gasteiger partial charge in [-0.05, 0) is 31.9 Å². The number of nitro groups is 1. The van der Waals surface area contributed by atoms with Gasteiger partial charge in [0.15, 0.2) is 0 Å². The summed E-state index contributed by atoms with van der Waals surface area (Å²) in [6.45, 7) is 3.66. The number of alkyl halides is 1. The van der Waals surface area contributed by atoms with Crippen molar-refractivity contribution in [2.45, 2.75) is 32.2 Å². The average Bonchev–Trinajstić information content (AvgIpc) is 2.38. The molecule has 1 aromatic rings. The summed E-state index contributed by atoms with van der Waals surface area (Å²) in [5.74, 6) is -1.03. The smallest absolute Gasteiger partial charge is 0.282 e. The van der Waals surface area contributed by atoms with Gasteiger partial charge in [-0.15, -0.1) is 11.6 Å². The molecular formula is C13H16ClFN2O3. The Morgan fingerprint density at radius 2 is 2.20 bits per heavy atom. The first-order valence-electron chi connectivity index (χ1n) is 6.15. The van der Waals surface area contributed by atoms with Crippen molar-refractivity contribution >= 4 is 23.2 Å². The van der Waals surface area contributed by atoms with Gasteiger partial charge >= 0.3 is 0 Å². The SMILES string of the molecule is CCC(C)(CCCl)NC(=O)c1cc(F)ccc1[N+](=O)[O-]. The van der Waals surface area contributed by atoms with Crippen molar-refractivity contribution in [3.63, 3.8) is 0 Å². The molecule has 0 fully saturated rings. The van der Waals surface area contributed by atoms with Gasteiger partial charge in [-0.1, -0.05) is 6.92 Å². The minimum Gasteiger partial charge on any atom is -0.347 e. The number of halogens is 2. The lowest BCUT2D eigenvalue weighted by atomic mass is 9.95. The van der Waals surface area contributed by atoms with Crippen LogP contribution in [0.25, 0.3) is 0 Å². The van der Waals surface area contributed by atoms with E-state index in [-0.39, 0.29) is 5.56 Å². The van der Waals surface area contributed by atoms with E-state index in [4.69, 9.17) is 11.6 Å². The normalized spacial score (nSPS) is 13.6. The third-order valence-electron chi connectivity index (χ3n) is 3.24. The van der Waals surface area contributed by atoms with Crippen molar-refractivity contribution in [2.75, 3.05) is 5.88 Å². The maximum absolute atomic E-state index is 13.2. The molecule has 0 spiro atoms. The zero-order valence-corrected chi connectivity index (χ0v) is 12.0. The first kappa shape index (κ1) is 16.4. The molecule has 0 radical (unpaired) electrons. The predicted molar refractivity (Wildman–Crippen MR) is 74.6 cm³/mol. The van der Waals surface area contributed by atoms with E-state index in [1.54, 1.807) is 6.92 Å². The molecule has 1 aromatic carbocycles. The third kappa shape index (κ3) is 3.90. The molecule has 0 aliphatic carbocycles. The summed E-state index contributed by atoms with van der Waals surface area (Å²) in [5.41, 5.74) is -1.29. The van der Waals surface area contributed by atoms with E-state index in [1.807, 2.05) is 6.92 Å². The second kappa shape index (κ2) is 6.65. The molecule has 0 saturated carbocycles. The molecule has 7 heteroatoms. The van der Waals surface area contributed by atoms with Gasteiger partial charge in [0.25, 0.3) is 11.6 Å². The van der Waals surface area contributed by atoms with Gasteiger partial charge in [-0.2, -0.15) is 0 Å². The minimum atomic E-state index is -0.709. The maximum atomic E-state index is 13.2. The van der Waals surface area contributed by atoms with Crippen LogP contribution in [0.15, 0.2) is 18.2 Å². The summed E-state index contributed by atoms with van der Waals surface area (Å²) >= 11 is 5.68. The van der Waals surface area contributed by atoms with Crippen molar-refractivity contribution in [1.29, 1.82) is 0 Å². The summed E-state index contributed by atoms with van der Waals surface area (Å²) in [7, 11) is 0. The van der Waals surface area contributed by atoms with Crippen molar-refractivity contribution in [3.8, 4) is 0 Å². The van der Waals surface area contributed by atoms with Crippen LogP contribution in [0, 0.1) is 15.9 Å². The van der Waals surface area contributed by atoms with Crippen LogP contribution in [0.3, 0.4) is 0 Å². The molecule has 0 aliphatic rings. The Hall–Kier alpha value is -1.69. The number of hydrogen-bond acceptors (Lipinski definition) is 3. The highest BCUT2D eigenvalue weighted by molar-refractivity contribution is 6.17. The number of rotatable bonds is 6. The molecule has 1 rings (SSSR count). The Morgan fingerprint density at radius 1 is 1.55 bits per heavy atom. The Kier molecular flexibility index (Phi) is 5.44. The lowest BCUT2D eigenvalue weighted by Crippen LogP contribution is -2.46. The molecule has 1 amide bonds. The highest BCUT2D eigenvalue weighted by Crippen LogP contribution is 2.22. The molecule has 1 unspecified atom stereocenters. The van der Waals surface area contributed by atoms with Crippen LogP contribution in [0.5, 0.6) is 0 Å². The molecule has 1 N–H and O–H groups in total. The monoisotopic (exact) mass is 302 g/mol. The van der Waals surface area contributed by atoms with E-state index in [2.05, 4.69) is 5.32 Å². The van der Waals surface area contributed by atoms with Gasteiger partial charge in [0.2, 0.25) is 0 Å².